The van der Waals surface area contributed by atoms with Gasteiger partial charge in [0, 0.05) is 32.9 Å². The summed E-state index contributed by atoms with van der Waals surface area (Å²) in [6.45, 7) is 0. The molecule has 1 rings (SSSR count). The average molecular weight is 249 g/mol. The molecule has 1 heterocycles. The third-order valence-electron chi connectivity index (χ3n) is 1.03. The second-order valence-electron chi connectivity index (χ2n) is 2.61. The Bertz CT molecular complexity index is 371. The third kappa shape index (κ3) is 3.32. The van der Waals surface area contributed by atoms with Crippen LogP contribution < -0.4 is 0 Å². The van der Waals surface area contributed by atoms with Crippen LogP contribution in [0.25, 0.3) is 0 Å². The lowest BCUT2D eigenvalue weighted by molar-refractivity contribution is 0.684. The Hall–Kier alpha value is -0.420. The molecule has 3 nitrogen and oxygen atoms in total. The fourth-order valence-corrected chi connectivity index (χ4v) is 1.44. The number of pyridine rings is 1. The SMILES string of the molecule is CS(C)(=O)=Nc1ccc(Br)cn1. The second kappa shape index (κ2) is 3.53. The highest BCUT2D eigenvalue weighted by Gasteiger charge is 1.94. The van der Waals surface area contributed by atoms with Crippen molar-refractivity contribution in [2.45, 2.75) is 0 Å². The van der Waals surface area contributed by atoms with Gasteiger partial charge in [0.2, 0.25) is 0 Å². The van der Waals surface area contributed by atoms with Crippen LogP contribution in [0.2, 0.25) is 0 Å². The van der Waals surface area contributed by atoms with Crippen LogP contribution in [0.1, 0.15) is 0 Å². The molecular formula is C7H9BrN2OS. The zero-order valence-corrected chi connectivity index (χ0v) is 9.22. The number of hydrogen-bond acceptors (Lipinski definition) is 3. The molecule has 0 bridgehead atoms. The van der Waals surface area contributed by atoms with Crippen LogP contribution in [0.15, 0.2) is 27.2 Å². The van der Waals surface area contributed by atoms with Crippen molar-refractivity contribution in [2.24, 2.45) is 4.36 Å². The molecule has 0 amide bonds. The molecule has 1 aromatic rings. The summed E-state index contributed by atoms with van der Waals surface area (Å²) in [6.07, 6.45) is 4.79. The predicted octanol–water partition coefficient (Wildman–Crippen LogP) is 2.20. The van der Waals surface area contributed by atoms with Gasteiger partial charge in [-0.25, -0.2) is 9.19 Å². The minimum absolute atomic E-state index is 0.508. The summed E-state index contributed by atoms with van der Waals surface area (Å²) in [5.41, 5.74) is 0. The molecule has 5 heteroatoms. The Kier molecular flexibility index (Phi) is 2.85. The zero-order chi connectivity index (χ0) is 9.19. The van der Waals surface area contributed by atoms with Gasteiger partial charge in [-0.15, -0.1) is 0 Å². The summed E-state index contributed by atoms with van der Waals surface area (Å²) < 4.78 is 16.0. The molecule has 0 radical (unpaired) electrons. The van der Waals surface area contributed by atoms with Crippen LogP contribution in [-0.4, -0.2) is 21.7 Å². The van der Waals surface area contributed by atoms with Gasteiger partial charge in [-0.05, 0) is 28.1 Å². The molecule has 0 aromatic carbocycles. The molecule has 0 aliphatic rings. The lowest BCUT2D eigenvalue weighted by Crippen LogP contribution is -1.89. The van der Waals surface area contributed by atoms with Gasteiger partial charge >= 0.3 is 0 Å². The van der Waals surface area contributed by atoms with E-state index in [0.717, 1.165) is 4.47 Å². The highest BCUT2D eigenvalue weighted by atomic mass is 79.9. The molecule has 0 N–H and O–H groups in total. The molecule has 1 aromatic heterocycles. The maximum Gasteiger partial charge on any atom is 0.161 e. The first-order valence-corrected chi connectivity index (χ1v) is 6.38. The molecule has 0 unspecified atom stereocenters. The standard InChI is InChI=1S/C7H9BrN2OS/c1-12(2,11)10-7-4-3-6(8)5-9-7/h3-5H,1-2H3. The van der Waals surface area contributed by atoms with Crippen molar-refractivity contribution in [3.05, 3.63) is 22.8 Å². The quantitative estimate of drug-likeness (QED) is 0.765. The normalized spacial score (nSPS) is 11.2. The topological polar surface area (TPSA) is 42.3 Å². The van der Waals surface area contributed by atoms with Crippen molar-refractivity contribution < 1.29 is 4.21 Å². The van der Waals surface area contributed by atoms with E-state index in [9.17, 15) is 4.21 Å². The van der Waals surface area contributed by atoms with Gasteiger partial charge in [-0.1, -0.05) is 0 Å². The van der Waals surface area contributed by atoms with Gasteiger partial charge in [-0.3, -0.25) is 0 Å². The van der Waals surface area contributed by atoms with E-state index in [1.54, 1.807) is 24.8 Å². The van der Waals surface area contributed by atoms with Gasteiger partial charge in [-0.2, -0.15) is 4.36 Å². The fourth-order valence-electron chi connectivity index (χ4n) is 0.647. The molecule has 0 spiro atoms. The number of rotatable bonds is 1. The van der Waals surface area contributed by atoms with Crippen LogP contribution in [0, 0.1) is 0 Å². The van der Waals surface area contributed by atoms with Crippen LogP contribution in [0.3, 0.4) is 0 Å². The average Bonchev–Trinajstić information content (AvgIpc) is 1.91. The molecule has 0 fully saturated rings. The van der Waals surface area contributed by atoms with Gasteiger partial charge in [0.1, 0.15) is 0 Å². The summed E-state index contributed by atoms with van der Waals surface area (Å²) in [4.78, 5) is 3.97. The molecule has 0 aliphatic heterocycles. The number of aromatic nitrogens is 1. The molecular weight excluding hydrogens is 240 g/mol. The summed E-state index contributed by atoms with van der Waals surface area (Å²) in [6, 6.07) is 3.54. The van der Waals surface area contributed by atoms with Crippen LogP contribution in [0.5, 0.6) is 0 Å². The molecule has 0 saturated heterocycles. The smallest absolute Gasteiger partial charge is 0.161 e. The van der Waals surface area contributed by atoms with E-state index < -0.39 is 9.73 Å². The molecule has 12 heavy (non-hydrogen) atoms. The lowest BCUT2D eigenvalue weighted by Gasteiger charge is -1.95. The van der Waals surface area contributed by atoms with Crippen molar-refractivity contribution >= 4 is 31.5 Å². The zero-order valence-electron chi connectivity index (χ0n) is 6.82. The minimum atomic E-state index is -2.09. The van der Waals surface area contributed by atoms with Gasteiger partial charge in [0.25, 0.3) is 0 Å². The second-order valence-corrected chi connectivity index (χ2v) is 6.07. The Labute approximate surface area is 80.5 Å². The van der Waals surface area contributed by atoms with E-state index in [-0.39, 0.29) is 0 Å². The van der Waals surface area contributed by atoms with Crippen molar-refractivity contribution in [3.63, 3.8) is 0 Å². The van der Waals surface area contributed by atoms with E-state index in [4.69, 9.17) is 0 Å². The Balaban J connectivity index is 3.08. The Morgan fingerprint density at radius 2 is 2.17 bits per heavy atom. The molecule has 0 atom stereocenters. The van der Waals surface area contributed by atoms with Crippen LogP contribution in [0.4, 0.5) is 5.82 Å². The highest BCUT2D eigenvalue weighted by molar-refractivity contribution is 9.10. The summed E-state index contributed by atoms with van der Waals surface area (Å²) in [5.74, 6) is 0.508. The minimum Gasteiger partial charge on any atom is -0.250 e. The lowest BCUT2D eigenvalue weighted by atomic mass is 10.5. The maximum atomic E-state index is 11.2. The summed E-state index contributed by atoms with van der Waals surface area (Å²) >= 11 is 3.25. The van der Waals surface area contributed by atoms with Crippen molar-refractivity contribution in [2.75, 3.05) is 12.5 Å². The van der Waals surface area contributed by atoms with Crippen LogP contribution in [-0.2, 0) is 9.73 Å². The maximum absolute atomic E-state index is 11.2. The van der Waals surface area contributed by atoms with Crippen molar-refractivity contribution in [1.29, 1.82) is 0 Å². The first-order valence-electron chi connectivity index (χ1n) is 3.26. The number of nitrogens with zero attached hydrogens (tertiary/aromatic N) is 2. The predicted molar refractivity (Wildman–Crippen MR) is 54.0 cm³/mol. The van der Waals surface area contributed by atoms with E-state index in [2.05, 4.69) is 25.3 Å². The van der Waals surface area contributed by atoms with E-state index in [1.807, 2.05) is 6.07 Å². The molecule has 66 valence electrons. The number of hydrogen-bond donors (Lipinski definition) is 0. The highest BCUT2D eigenvalue weighted by Crippen LogP contribution is 2.13. The van der Waals surface area contributed by atoms with E-state index in [1.165, 1.54) is 0 Å². The first kappa shape index (κ1) is 9.67. The monoisotopic (exact) mass is 248 g/mol. The van der Waals surface area contributed by atoms with Crippen molar-refractivity contribution in [3.8, 4) is 0 Å². The third-order valence-corrected chi connectivity index (χ3v) is 2.12. The number of halogens is 1. The van der Waals surface area contributed by atoms with E-state index in [0.29, 0.717) is 5.82 Å². The van der Waals surface area contributed by atoms with Crippen molar-refractivity contribution in [1.82, 2.24) is 4.98 Å². The largest absolute Gasteiger partial charge is 0.250 e. The first-order chi connectivity index (χ1) is 5.47. The molecule has 0 aliphatic carbocycles. The van der Waals surface area contributed by atoms with Gasteiger partial charge in [0.15, 0.2) is 5.82 Å². The molecule has 0 saturated carbocycles. The Morgan fingerprint density at radius 1 is 1.50 bits per heavy atom. The van der Waals surface area contributed by atoms with E-state index >= 15 is 0 Å². The van der Waals surface area contributed by atoms with Gasteiger partial charge in [0.05, 0.1) is 0 Å². The Morgan fingerprint density at radius 3 is 2.58 bits per heavy atom. The summed E-state index contributed by atoms with van der Waals surface area (Å²) in [7, 11) is -2.09. The van der Waals surface area contributed by atoms with Crippen LogP contribution >= 0.6 is 15.9 Å². The fraction of sp³-hybridized carbons (Fsp3) is 0.286. The summed E-state index contributed by atoms with van der Waals surface area (Å²) in [5, 5.41) is 0. The van der Waals surface area contributed by atoms with Gasteiger partial charge < -0.3 is 0 Å².